The fourth-order valence-electron chi connectivity index (χ4n) is 3.14. The van der Waals surface area contributed by atoms with E-state index >= 15 is 0 Å². The van der Waals surface area contributed by atoms with Gasteiger partial charge in [-0.2, -0.15) is 13.2 Å². The Bertz CT molecular complexity index is 967. The van der Waals surface area contributed by atoms with Crippen molar-refractivity contribution >= 4 is 17.5 Å². The minimum atomic E-state index is -4.46. The number of benzene rings is 1. The monoisotopic (exact) mass is 437 g/mol. The van der Waals surface area contributed by atoms with Crippen LogP contribution >= 0.6 is 0 Å². The predicted molar refractivity (Wildman–Crippen MR) is 106 cm³/mol. The molecule has 0 spiro atoms. The number of alkyl halides is 3. The van der Waals surface area contributed by atoms with E-state index in [2.05, 4.69) is 20.4 Å². The molecule has 0 radical (unpaired) electrons. The molecule has 11 heteroatoms. The molecule has 1 aliphatic heterocycles. The van der Waals surface area contributed by atoms with Crippen LogP contribution in [0, 0.1) is 0 Å². The van der Waals surface area contributed by atoms with Gasteiger partial charge in [-0.3, -0.25) is 20.6 Å². The highest BCUT2D eigenvalue weighted by Crippen LogP contribution is 2.30. The van der Waals surface area contributed by atoms with Gasteiger partial charge in [0.15, 0.2) is 6.61 Å². The maximum atomic E-state index is 12.5. The van der Waals surface area contributed by atoms with Crippen LogP contribution in [0.2, 0.25) is 0 Å². The van der Waals surface area contributed by atoms with Gasteiger partial charge in [0.1, 0.15) is 17.7 Å². The largest absolute Gasteiger partial charge is 0.483 e. The van der Waals surface area contributed by atoms with Gasteiger partial charge in [0.05, 0.1) is 11.7 Å². The van der Waals surface area contributed by atoms with Crippen molar-refractivity contribution < 1.29 is 27.5 Å². The van der Waals surface area contributed by atoms with Gasteiger partial charge in [-0.1, -0.05) is 12.1 Å². The Balaban J connectivity index is 1.69. The number of anilines is 1. The predicted octanol–water partition coefficient (Wildman–Crippen LogP) is 2.18. The summed E-state index contributed by atoms with van der Waals surface area (Å²) < 4.78 is 41.2. The molecule has 0 bridgehead atoms. The number of ether oxygens (including phenoxy) is 1. The summed E-state index contributed by atoms with van der Waals surface area (Å²) in [7, 11) is 1.61. The lowest BCUT2D eigenvalue weighted by Gasteiger charge is -2.43. The average Bonchev–Trinajstić information content (AvgIpc) is 2.70. The number of hydrogen-bond acceptors (Lipinski definition) is 6. The molecule has 2 atom stereocenters. The minimum Gasteiger partial charge on any atom is -0.483 e. The number of carbonyl (C=O) groups is 2. The van der Waals surface area contributed by atoms with Crippen LogP contribution in [0.5, 0.6) is 5.75 Å². The molecular formula is C20H22F3N5O3. The van der Waals surface area contributed by atoms with Gasteiger partial charge in [0.25, 0.3) is 5.91 Å². The van der Waals surface area contributed by atoms with E-state index in [-0.39, 0.29) is 23.8 Å². The van der Waals surface area contributed by atoms with Gasteiger partial charge in [0.2, 0.25) is 5.91 Å². The summed E-state index contributed by atoms with van der Waals surface area (Å²) in [6.45, 7) is 0.404. The maximum absolute atomic E-state index is 12.5. The first-order valence-corrected chi connectivity index (χ1v) is 9.33. The second kappa shape index (κ2) is 8.52. The number of nitrogens with two attached hydrogens (primary N) is 1. The summed E-state index contributed by atoms with van der Waals surface area (Å²) in [5.74, 6) is -0.757. The molecule has 2 heterocycles. The van der Waals surface area contributed by atoms with Crippen LogP contribution in [-0.4, -0.2) is 47.8 Å². The van der Waals surface area contributed by atoms with Gasteiger partial charge < -0.3 is 15.0 Å². The molecule has 2 aromatic rings. The molecule has 0 aliphatic carbocycles. The summed E-state index contributed by atoms with van der Waals surface area (Å²) in [5.41, 5.74) is 6.48. The quantitative estimate of drug-likeness (QED) is 0.662. The summed E-state index contributed by atoms with van der Waals surface area (Å²) >= 11 is 0. The molecule has 0 saturated carbocycles. The third kappa shape index (κ3) is 5.50. The average molecular weight is 437 g/mol. The van der Waals surface area contributed by atoms with Crippen LogP contribution < -0.4 is 21.1 Å². The number of nitrogens with zero attached hydrogens (tertiary/aromatic N) is 2. The van der Waals surface area contributed by atoms with Crippen molar-refractivity contribution in [3.8, 4) is 5.75 Å². The lowest BCUT2D eigenvalue weighted by molar-refractivity contribution is -0.153. The molecule has 2 amide bonds. The van der Waals surface area contributed by atoms with Crippen LogP contribution in [0.3, 0.4) is 0 Å². The Morgan fingerprint density at radius 1 is 1.39 bits per heavy atom. The van der Waals surface area contributed by atoms with Gasteiger partial charge in [-0.05, 0) is 36.8 Å². The molecule has 1 unspecified atom stereocenters. The first-order valence-electron chi connectivity index (χ1n) is 9.33. The molecule has 166 valence electrons. The molecule has 3 rings (SSSR count). The van der Waals surface area contributed by atoms with Gasteiger partial charge >= 0.3 is 6.18 Å². The zero-order chi connectivity index (χ0) is 22.8. The number of pyridine rings is 1. The normalized spacial score (nSPS) is 21.7. The lowest BCUT2D eigenvalue weighted by atomic mass is 9.86. The molecule has 4 N–H and O–H groups in total. The van der Waals surface area contributed by atoms with Crippen molar-refractivity contribution in [2.45, 2.75) is 31.3 Å². The van der Waals surface area contributed by atoms with Crippen molar-refractivity contribution in [2.24, 2.45) is 5.73 Å². The second-order valence-corrected chi connectivity index (χ2v) is 7.42. The number of hydrogen-bond donors (Lipinski definition) is 3. The Labute approximate surface area is 176 Å². The van der Waals surface area contributed by atoms with Crippen molar-refractivity contribution in [3.63, 3.8) is 0 Å². The maximum Gasteiger partial charge on any atom is 0.422 e. The smallest absolute Gasteiger partial charge is 0.422 e. The van der Waals surface area contributed by atoms with Gasteiger partial charge in [-0.15, -0.1) is 0 Å². The minimum absolute atomic E-state index is 0.00518. The number of halogens is 3. The molecule has 1 fully saturated rings. The summed E-state index contributed by atoms with van der Waals surface area (Å²) in [6.07, 6.45) is -3.87. The first-order chi connectivity index (χ1) is 14.5. The number of aromatic nitrogens is 1. The molecule has 1 aromatic carbocycles. The third-order valence-corrected chi connectivity index (χ3v) is 4.91. The van der Waals surface area contributed by atoms with Crippen molar-refractivity contribution in [1.29, 1.82) is 0 Å². The van der Waals surface area contributed by atoms with Crippen molar-refractivity contribution in [2.75, 3.05) is 19.0 Å². The molecule has 8 nitrogen and oxygen atoms in total. The second-order valence-electron chi connectivity index (χ2n) is 7.42. The number of rotatable bonds is 5. The van der Waals surface area contributed by atoms with Crippen LogP contribution in [0.15, 0.2) is 42.6 Å². The molecular weight excluding hydrogens is 415 g/mol. The van der Waals surface area contributed by atoms with E-state index in [1.807, 2.05) is 13.0 Å². The van der Waals surface area contributed by atoms with Crippen LogP contribution in [0.1, 0.15) is 29.4 Å². The highest BCUT2D eigenvalue weighted by atomic mass is 19.4. The molecule has 31 heavy (non-hydrogen) atoms. The van der Waals surface area contributed by atoms with Crippen LogP contribution in [0.25, 0.3) is 0 Å². The van der Waals surface area contributed by atoms with E-state index in [0.717, 1.165) is 11.8 Å². The van der Waals surface area contributed by atoms with E-state index in [9.17, 15) is 22.8 Å². The van der Waals surface area contributed by atoms with Gasteiger partial charge in [0, 0.05) is 19.2 Å². The lowest BCUT2D eigenvalue weighted by Crippen LogP contribution is -2.64. The fourth-order valence-corrected chi connectivity index (χ4v) is 3.14. The zero-order valence-corrected chi connectivity index (χ0v) is 16.9. The Morgan fingerprint density at radius 2 is 2.13 bits per heavy atom. The van der Waals surface area contributed by atoms with E-state index in [4.69, 9.17) is 5.73 Å². The summed E-state index contributed by atoms with van der Waals surface area (Å²) in [4.78, 5) is 30.0. The van der Waals surface area contributed by atoms with E-state index < -0.39 is 30.5 Å². The molecule has 1 aromatic heterocycles. The van der Waals surface area contributed by atoms with Crippen LogP contribution in [-0.2, 0) is 10.3 Å². The number of nitrogens with one attached hydrogen (secondary N) is 2. The standard InChI is InChI=1S/C20H22F3N5O3/c1-19(9-16(29)28(2)18(24)27-19)12-4-3-5-13(8-12)26-17(30)15-7-6-14(10-25-15)31-11-20(21,22)23/h3-8,10,18,27H,9,11,24H2,1-2H3,(H,26,30)/t18?,19-/m0/s1. The number of carbonyl (C=O) groups excluding carboxylic acids is 2. The first kappa shape index (κ1) is 22.5. The topological polar surface area (TPSA) is 110 Å². The van der Waals surface area contributed by atoms with E-state index in [1.165, 1.54) is 17.0 Å². The Morgan fingerprint density at radius 3 is 2.74 bits per heavy atom. The van der Waals surface area contributed by atoms with Crippen LogP contribution in [0.4, 0.5) is 18.9 Å². The summed E-state index contributed by atoms with van der Waals surface area (Å²) in [5, 5.41) is 5.88. The highest BCUT2D eigenvalue weighted by molar-refractivity contribution is 6.02. The highest BCUT2D eigenvalue weighted by Gasteiger charge is 2.38. The third-order valence-electron chi connectivity index (χ3n) is 4.91. The van der Waals surface area contributed by atoms with Gasteiger partial charge in [-0.25, -0.2) is 4.98 Å². The van der Waals surface area contributed by atoms with Crippen molar-refractivity contribution in [3.05, 3.63) is 53.9 Å². The Kier molecular flexibility index (Phi) is 6.18. The zero-order valence-electron chi connectivity index (χ0n) is 16.9. The van der Waals surface area contributed by atoms with E-state index in [1.54, 1.807) is 25.2 Å². The Hall–Kier alpha value is -3.18. The van der Waals surface area contributed by atoms with Crippen molar-refractivity contribution in [1.82, 2.24) is 15.2 Å². The number of amides is 2. The molecule has 1 saturated heterocycles. The fraction of sp³-hybridized carbons (Fsp3) is 0.350. The van der Waals surface area contributed by atoms with E-state index in [0.29, 0.717) is 5.69 Å². The summed E-state index contributed by atoms with van der Waals surface area (Å²) in [6, 6.07) is 9.44. The molecule has 1 aliphatic rings. The SMILES string of the molecule is CN1C(=O)C[C@@](C)(c2cccc(NC(=O)c3ccc(OCC(F)(F)F)cn3)c2)NC1N.